The van der Waals surface area contributed by atoms with E-state index in [2.05, 4.69) is 17.9 Å². The number of hydrogen-bond acceptors (Lipinski definition) is 4. The number of benzene rings is 1. The lowest BCUT2D eigenvalue weighted by Crippen LogP contribution is -2.52. The van der Waals surface area contributed by atoms with Gasteiger partial charge in [-0.1, -0.05) is 37.3 Å². The predicted octanol–water partition coefficient (Wildman–Crippen LogP) is 1.36. The molecular formula is C18H24N2O4S. The Morgan fingerprint density at radius 2 is 2.00 bits per heavy atom. The van der Waals surface area contributed by atoms with Crippen molar-refractivity contribution in [3.05, 3.63) is 35.9 Å². The number of amides is 2. The van der Waals surface area contributed by atoms with Crippen LogP contribution in [0, 0.1) is 5.92 Å². The summed E-state index contributed by atoms with van der Waals surface area (Å²) >= 11 is 4.14. The second kappa shape index (κ2) is 8.89. The van der Waals surface area contributed by atoms with E-state index in [0.717, 1.165) is 12.0 Å². The zero-order chi connectivity index (χ0) is 18.4. The molecule has 136 valence electrons. The molecule has 1 aliphatic heterocycles. The molecule has 1 aromatic carbocycles. The Kier molecular flexibility index (Phi) is 6.87. The Morgan fingerprint density at radius 3 is 2.60 bits per heavy atom. The summed E-state index contributed by atoms with van der Waals surface area (Å²) in [7, 11) is 0. The first-order valence-electron chi connectivity index (χ1n) is 8.42. The summed E-state index contributed by atoms with van der Waals surface area (Å²) in [5, 5.41) is 12.0. The largest absolute Gasteiger partial charge is 0.480 e. The number of nitrogens with zero attached hydrogens (tertiary/aromatic N) is 1. The molecule has 0 aliphatic carbocycles. The Labute approximate surface area is 153 Å². The van der Waals surface area contributed by atoms with Crippen molar-refractivity contribution < 1.29 is 19.5 Å². The number of aliphatic carboxylic acids is 1. The van der Waals surface area contributed by atoms with Gasteiger partial charge in [0.25, 0.3) is 0 Å². The van der Waals surface area contributed by atoms with E-state index in [1.54, 1.807) is 11.8 Å². The number of thiol groups is 1. The van der Waals surface area contributed by atoms with Crippen LogP contribution in [0.2, 0.25) is 0 Å². The summed E-state index contributed by atoms with van der Waals surface area (Å²) in [5.74, 6) is -1.45. The van der Waals surface area contributed by atoms with E-state index in [1.807, 2.05) is 30.3 Å². The molecule has 2 N–H and O–H groups in total. The maximum atomic E-state index is 12.6. The molecule has 2 rings (SSSR count). The molecule has 0 aromatic heterocycles. The molecule has 2 amide bonds. The lowest BCUT2D eigenvalue weighted by molar-refractivity contribution is -0.144. The van der Waals surface area contributed by atoms with Crippen LogP contribution in [-0.2, 0) is 20.8 Å². The third-order valence-electron chi connectivity index (χ3n) is 4.43. The van der Waals surface area contributed by atoms with Crippen molar-refractivity contribution in [1.82, 2.24) is 10.2 Å². The first kappa shape index (κ1) is 19.3. The van der Waals surface area contributed by atoms with E-state index in [4.69, 9.17) is 0 Å². The van der Waals surface area contributed by atoms with Crippen LogP contribution in [0.4, 0.5) is 0 Å². The molecule has 0 spiro atoms. The summed E-state index contributed by atoms with van der Waals surface area (Å²) < 4.78 is 0. The van der Waals surface area contributed by atoms with Crippen LogP contribution >= 0.6 is 12.6 Å². The summed E-state index contributed by atoms with van der Waals surface area (Å²) in [4.78, 5) is 38.0. The quantitative estimate of drug-likeness (QED) is 0.638. The molecule has 1 aromatic rings. The summed E-state index contributed by atoms with van der Waals surface area (Å²) in [6, 6.07) is 7.52. The number of nitrogens with one attached hydrogen (secondary N) is 1. The topological polar surface area (TPSA) is 86.7 Å². The van der Waals surface area contributed by atoms with Crippen LogP contribution in [0.1, 0.15) is 25.3 Å². The van der Waals surface area contributed by atoms with E-state index in [-0.39, 0.29) is 18.2 Å². The molecular weight excluding hydrogens is 340 g/mol. The summed E-state index contributed by atoms with van der Waals surface area (Å²) in [6.45, 7) is 2.30. The highest BCUT2D eigenvalue weighted by Crippen LogP contribution is 2.21. The van der Waals surface area contributed by atoms with Gasteiger partial charge in [0, 0.05) is 24.6 Å². The number of carbonyl (C=O) groups excluding carboxylic acids is 2. The van der Waals surface area contributed by atoms with Crippen molar-refractivity contribution in [3.8, 4) is 0 Å². The average Bonchev–Trinajstić information content (AvgIpc) is 3.10. The van der Waals surface area contributed by atoms with Crippen LogP contribution < -0.4 is 5.32 Å². The average molecular weight is 364 g/mol. The van der Waals surface area contributed by atoms with Crippen LogP contribution in [0.3, 0.4) is 0 Å². The fourth-order valence-corrected chi connectivity index (χ4v) is 3.14. The highest BCUT2D eigenvalue weighted by atomic mass is 32.1. The Morgan fingerprint density at radius 1 is 1.32 bits per heavy atom. The van der Waals surface area contributed by atoms with Gasteiger partial charge >= 0.3 is 5.97 Å². The van der Waals surface area contributed by atoms with Crippen molar-refractivity contribution in [3.63, 3.8) is 0 Å². The van der Waals surface area contributed by atoms with Gasteiger partial charge in [0.15, 0.2) is 0 Å². The summed E-state index contributed by atoms with van der Waals surface area (Å²) in [5.41, 5.74) is 0.832. The zero-order valence-electron chi connectivity index (χ0n) is 14.2. The second-order valence-corrected chi connectivity index (χ2v) is 6.73. The van der Waals surface area contributed by atoms with Gasteiger partial charge in [-0.25, -0.2) is 4.79 Å². The van der Waals surface area contributed by atoms with E-state index in [0.29, 0.717) is 18.7 Å². The first-order valence-corrected chi connectivity index (χ1v) is 9.05. The monoisotopic (exact) mass is 364 g/mol. The Bertz CT molecular complexity index is 623. The van der Waals surface area contributed by atoms with Gasteiger partial charge in [0.1, 0.15) is 12.1 Å². The van der Waals surface area contributed by atoms with Crippen molar-refractivity contribution in [1.29, 1.82) is 0 Å². The van der Waals surface area contributed by atoms with Crippen LogP contribution in [-0.4, -0.2) is 52.2 Å². The van der Waals surface area contributed by atoms with E-state index in [1.165, 1.54) is 0 Å². The molecule has 1 heterocycles. The van der Waals surface area contributed by atoms with Gasteiger partial charge in [-0.15, -0.1) is 0 Å². The van der Waals surface area contributed by atoms with Crippen LogP contribution in [0.5, 0.6) is 0 Å². The molecule has 1 saturated heterocycles. The number of hydrogen-bond donors (Lipinski definition) is 3. The number of carbonyl (C=O) groups is 3. The maximum Gasteiger partial charge on any atom is 0.326 e. The van der Waals surface area contributed by atoms with Gasteiger partial charge in [0.05, 0.1) is 0 Å². The minimum Gasteiger partial charge on any atom is -0.480 e. The van der Waals surface area contributed by atoms with Gasteiger partial charge < -0.3 is 15.3 Å². The first-order chi connectivity index (χ1) is 11.9. The van der Waals surface area contributed by atoms with Crippen LogP contribution in [0.15, 0.2) is 30.3 Å². The van der Waals surface area contributed by atoms with Gasteiger partial charge in [-0.3, -0.25) is 9.59 Å². The molecule has 3 atom stereocenters. The number of carboxylic acids is 1. The third-order valence-corrected chi connectivity index (χ3v) is 4.98. The van der Waals surface area contributed by atoms with Crippen LogP contribution in [0.25, 0.3) is 0 Å². The van der Waals surface area contributed by atoms with Crippen molar-refractivity contribution >= 4 is 30.4 Å². The van der Waals surface area contributed by atoms with E-state index < -0.39 is 24.0 Å². The number of carboxylic acid groups (broad SMARTS) is 1. The normalized spacial score (nSPS) is 19.3. The molecule has 0 saturated carbocycles. The zero-order valence-corrected chi connectivity index (χ0v) is 15.1. The standard InChI is InChI=1S/C18H24N2O4S/c1-12(11-25)17(22)20-9-5-8-15(20)16(21)19-14(18(23)24)10-13-6-3-2-4-7-13/h2-4,6-7,12,14-15,25H,5,8-11H2,1H3,(H,19,21)(H,23,24)/t12-,14+,15-/m1/s1. The Hall–Kier alpha value is -2.02. The molecule has 25 heavy (non-hydrogen) atoms. The van der Waals surface area contributed by atoms with Crippen molar-refractivity contribution in [2.45, 2.75) is 38.3 Å². The number of rotatable bonds is 7. The molecule has 0 unspecified atom stereocenters. The van der Waals surface area contributed by atoms with Gasteiger partial charge in [-0.05, 0) is 18.4 Å². The molecule has 1 aliphatic rings. The fourth-order valence-electron chi connectivity index (χ4n) is 2.98. The molecule has 7 heteroatoms. The molecule has 1 fully saturated rings. The highest BCUT2D eigenvalue weighted by molar-refractivity contribution is 7.80. The molecule has 0 bridgehead atoms. The lowest BCUT2D eigenvalue weighted by atomic mass is 10.1. The third kappa shape index (κ3) is 4.98. The smallest absolute Gasteiger partial charge is 0.326 e. The second-order valence-electron chi connectivity index (χ2n) is 6.36. The lowest BCUT2D eigenvalue weighted by Gasteiger charge is -2.27. The SMILES string of the molecule is C[C@H](CS)C(=O)N1CCC[C@@H]1C(=O)N[C@@H](Cc1ccccc1)C(=O)O. The fraction of sp³-hybridized carbons (Fsp3) is 0.500. The van der Waals surface area contributed by atoms with Gasteiger partial charge in [0.2, 0.25) is 11.8 Å². The van der Waals surface area contributed by atoms with Gasteiger partial charge in [-0.2, -0.15) is 12.6 Å². The highest BCUT2D eigenvalue weighted by Gasteiger charge is 2.37. The predicted molar refractivity (Wildman–Crippen MR) is 97.5 cm³/mol. The van der Waals surface area contributed by atoms with Crippen molar-refractivity contribution in [2.75, 3.05) is 12.3 Å². The Balaban J connectivity index is 2.04. The minimum atomic E-state index is -1.09. The van der Waals surface area contributed by atoms with E-state index >= 15 is 0 Å². The van der Waals surface area contributed by atoms with E-state index in [9.17, 15) is 19.5 Å². The maximum absolute atomic E-state index is 12.6. The summed E-state index contributed by atoms with van der Waals surface area (Å²) in [6.07, 6.45) is 1.49. The molecule has 0 radical (unpaired) electrons. The number of likely N-dealkylation sites (tertiary alicyclic amines) is 1. The van der Waals surface area contributed by atoms with Crippen molar-refractivity contribution in [2.24, 2.45) is 5.92 Å². The molecule has 6 nitrogen and oxygen atoms in total. The minimum absolute atomic E-state index is 0.109.